The van der Waals surface area contributed by atoms with Crippen molar-refractivity contribution >= 4 is 23.3 Å². The van der Waals surface area contributed by atoms with E-state index in [1.165, 1.54) is 7.11 Å². The third kappa shape index (κ3) is 4.08. The number of hydrogen-bond acceptors (Lipinski definition) is 5. The van der Waals surface area contributed by atoms with Crippen LogP contribution in [-0.2, 0) is 14.3 Å². The fraction of sp³-hybridized carbons (Fsp3) is 0.250. The number of esters is 1. The molecule has 0 radical (unpaired) electrons. The Bertz CT molecular complexity index is 790. The summed E-state index contributed by atoms with van der Waals surface area (Å²) in [5, 5.41) is 9.17. The number of rotatable bonds is 6. The van der Waals surface area contributed by atoms with Crippen molar-refractivity contribution in [3.8, 4) is 0 Å². The Kier molecular flexibility index (Phi) is 5.63. The zero-order valence-corrected chi connectivity index (χ0v) is 14.6. The average Bonchev–Trinajstić information content (AvgIpc) is 3.14. The number of hydrazone groups is 1. The molecule has 1 unspecified atom stereocenters. The summed E-state index contributed by atoms with van der Waals surface area (Å²) >= 11 is 0. The van der Waals surface area contributed by atoms with Crippen LogP contribution in [0.1, 0.15) is 24.4 Å². The van der Waals surface area contributed by atoms with Crippen LogP contribution in [-0.4, -0.2) is 31.2 Å². The van der Waals surface area contributed by atoms with Crippen LogP contribution in [0.5, 0.6) is 0 Å². The Morgan fingerprint density at radius 1 is 1.12 bits per heavy atom. The minimum atomic E-state index is -0.355. The molecule has 2 aromatic rings. The molecule has 0 bridgehead atoms. The second kappa shape index (κ2) is 8.29. The Balaban J connectivity index is 1.77. The van der Waals surface area contributed by atoms with Crippen molar-refractivity contribution in [3.05, 3.63) is 66.2 Å². The van der Waals surface area contributed by atoms with Gasteiger partial charge in [0.05, 0.1) is 25.3 Å². The molecule has 1 aliphatic heterocycles. The van der Waals surface area contributed by atoms with Gasteiger partial charge in [0, 0.05) is 13.0 Å². The van der Waals surface area contributed by atoms with Gasteiger partial charge >= 0.3 is 5.97 Å². The van der Waals surface area contributed by atoms with Gasteiger partial charge in [0.1, 0.15) is 5.71 Å². The molecule has 6 nitrogen and oxygen atoms in total. The van der Waals surface area contributed by atoms with Crippen LogP contribution < -0.4 is 10.3 Å². The maximum atomic E-state index is 12.4. The minimum Gasteiger partial charge on any atom is -0.469 e. The first-order valence-corrected chi connectivity index (χ1v) is 8.50. The predicted molar refractivity (Wildman–Crippen MR) is 99.8 cm³/mol. The summed E-state index contributed by atoms with van der Waals surface area (Å²) in [4.78, 5) is 23.6. The molecular weight excluding hydrogens is 330 g/mol. The first-order chi connectivity index (χ1) is 12.7. The minimum absolute atomic E-state index is 0.0417. The summed E-state index contributed by atoms with van der Waals surface area (Å²) in [6.45, 7) is 0.228. The Labute approximate surface area is 152 Å². The van der Waals surface area contributed by atoms with Crippen molar-refractivity contribution in [2.75, 3.05) is 18.7 Å². The van der Waals surface area contributed by atoms with Gasteiger partial charge in [-0.2, -0.15) is 5.10 Å². The zero-order chi connectivity index (χ0) is 18.4. The summed E-state index contributed by atoms with van der Waals surface area (Å²) in [5.41, 5.74) is 2.48. The molecule has 1 aliphatic rings. The van der Waals surface area contributed by atoms with Gasteiger partial charge in [0.2, 0.25) is 0 Å². The number of nitrogens with zero attached hydrogens (tertiary/aromatic N) is 2. The number of nitrogens with one attached hydrogen (secondary N) is 1. The van der Waals surface area contributed by atoms with E-state index in [0.29, 0.717) is 12.1 Å². The van der Waals surface area contributed by atoms with Crippen LogP contribution >= 0.6 is 0 Å². The van der Waals surface area contributed by atoms with E-state index in [-0.39, 0.29) is 30.9 Å². The number of amides is 1. The number of carbonyl (C=O) groups excluding carboxylic acids is 2. The summed E-state index contributed by atoms with van der Waals surface area (Å²) in [5.74, 6) is -0.611. The van der Waals surface area contributed by atoms with Crippen LogP contribution in [0.3, 0.4) is 0 Å². The van der Waals surface area contributed by atoms with Crippen LogP contribution in [0.4, 0.5) is 5.69 Å². The van der Waals surface area contributed by atoms with Crippen molar-refractivity contribution in [1.29, 1.82) is 0 Å². The molecule has 1 N–H and O–H groups in total. The van der Waals surface area contributed by atoms with Crippen molar-refractivity contribution in [2.24, 2.45) is 5.10 Å². The highest BCUT2D eigenvalue weighted by Crippen LogP contribution is 2.34. The van der Waals surface area contributed by atoms with Gasteiger partial charge in [-0.3, -0.25) is 14.6 Å². The van der Waals surface area contributed by atoms with Crippen LogP contribution in [0, 0.1) is 0 Å². The largest absolute Gasteiger partial charge is 0.469 e. The second-order valence-corrected chi connectivity index (χ2v) is 5.94. The molecule has 0 aromatic heterocycles. The molecule has 0 spiro atoms. The smallest absolute Gasteiger partial charge is 0.307 e. The quantitative estimate of drug-likeness (QED) is 0.812. The summed E-state index contributed by atoms with van der Waals surface area (Å²) < 4.78 is 4.58. The van der Waals surface area contributed by atoms with Gasteiger partial charge in [-0.15, -0.1) is 0 Å². The number of methoxy groups -OCH3 is 1. The molecule has 0 saturated carbocycles. The molecule has 0 aliphatic carbocycles. The number of anilines is 1. The Hall–Kier alpha value is -3.15. The first kappa shape index (κ1) is 17.7. The molecule has 0 saturated heterocycles. The summed E-state index contributed by atoms with van der Waals surface area (Å²) in [6.07, 6.45) is 0.642. The maximum absolute atomic E-state index is 12.4. The second-order valence-electron chi connectivity index (χ2n) is 5.94. The molecule has 3 rings (SSSR count). The zero-order valence-electron chi connectivity index (χ0n) is 14.6. The van der Waals surface area contributed by atoms with Gasteiger partial charge < -0.3 is 10.1 Å². The number of para-hydroxylation sites is 1. The van der Waals surface area contributed by atoms with Gasteiger partial charge in [-0.1, -0.05) is 48.5 Å². The lowest BCUT2D eigenvalue weighted by Crippen LogP contribution is -2.32. The summed E-state index contributed by atoms with van der Waals surface area (Å²) in [6, 6.07) is 19.7. The lowest BCUT2D eigenvalue weighted by Gasteiger charge is -2.23. The van der Waals surface area contributed by atoms with Crippen LogP contribution in [0.2, 0.25) is 0 Å². The fourth-order valence-electron chi connectivity index (χ4n) is 2.88. The van der Waals surface area contributed by atoms with Gasteiger partial charge in [0.15, 0.2) is 0 Å². The maximum Gasteiger partial charge on any atom is 0.307 e. The highest BCUT2D eigenvalue weighted by Gasteiger charge is 2.32. The van der Waals surface area contributed by atoms with E-state index in [1.807, 2.05) is 65.7 Å². The number of ether oxygens (including phenoxy) is 1. The summed E-state index contributed by atoms with van der Waals surface area (Å²) in [7, 11) is 1.33. The van der Waals surface area contributed by atoms with Gasteiger partial charge in [-0.05, 0) is 17.7 Å². The van der Waals surface area contributed by atoms with Gasteiger partial charge in [0.25, 0.3) is 5.91 Å². The predicted octanol–water partition coefficient (Wildman–Crippen LogP) is 2.67. The topological polar surface area (TPSA) is 71.0 Å². The third-order valence-corrected chi connectivity index (χ3v) is 4.22. The monoisotopic (exact) mass is 351 g/mol. The van der Waals surface area contributed by atoms with E-state index in [4.69, 9.17) is 0 Å². The molecule has 6 heteroatoms. The Morgan fingerprint density at radius 3 is 2.42 bits per heavy atom. The molecule has 134 valence electrons. The fourth-order valence-corrected chi connectivity index (χ4v) is 2.88. The molecule has 0 fully saturated rings. The van der Waals surface area contributed by atoms with Crippen molar-refractivity contribution in [2.45, 2.75) is 18.9 Å². The van der Waals surface area contributed by atoms with Crippen molar-refractivity contribution in [1.82, 2.24) is 5.32 Å². The third-order valence-electron chi connectivity index (χ3n) is 4.22. The van der Waals surface area contributed by atoms with E-state index in [9.17, 15) is 9.59 Å². The standard InChI is InChI=1S/C20H21N3O3/c1-26-19(24)12-13-21-20(25)17-14-18(15-8-4-2-5-9-15)23(22-17)16-10-6-3-7-11-16/h2-11,18H,12-14H2,1H3,(H,21,25). The number of carbonyl (C=O) groups is 2. The van der Waals surface area contributed by atoms with Gasteiger partial charge in [-0.25, -0.2) is 0 Å². The molecular formula is C20H21N3O3. The van der Waals surface area contributed by atoms with E-state index in [1.54, 1.807) is 0 Å². The number of benzene rings is 2. The van der Waals surface area contributed by atoms with E-state index >= 15 is 0 Å². The average molecular weight is 351 g/mol. The van der Waals surface area contributed by atoms with E-state index in [0.717, 1.165) is 11.3 Å². The molecule has 1 amide bonds. The molecule has 26 heavy (non-hydrogen) atoms. The highest BCUT2D eigenvalue weighted by molar-refractivity contribution is 6.39. The normalized spacial score (nSPS) is 16.1. The van der Waals surface area contributed by atoms with Crippen molar-refractivity contribution in [3.63, 3.8) is 0 Å². The van der Waals surface area contributed by atoms with Crippen LogP contribution in [0.25, 0.3) is 0 Å². The molecule has 1 heterocycles. The molecule has 2 aromatic carbocycles. The van der Waals surface area contributed by atoms with Crippen LogP contribution in [0.15, 0.2) is 65.8 Å². The first-order valence-electron chi connectivity index (χ1n) is 8.50. The Morgan fingerprint density at radius 2 is 1.77 bits per heavy atom. The lowest BCUT2D eigenvalue weighted by molar-refractivity contribution is -0.140. The lowest BCUT2D eigenvalue weighted by atomic mass is 10.0. The highest BCUT2D eigenvalue weighted by atomic mass is 16.5. The van der Waals surface area contributed by atoms with E-state index < -0.39 is 0 Å². The van der Waals surface area contributed by atoms with E-state index in [2.05, 4.69) is 15.2 Å². The molecule has 1 atom stereocenters. The van der Waals surface area contributed by atoms with Crippen molar-refractivity contribution < 1.29 is 14.3 Å². The number of hydrogen-bond donors (Lipinski definition) is 1. The SMILES string of the molecule is COC(=O)CCNC(=O)C1=NN(c2ccccc2)C(c2ccccc2)C1.